The van der Waals surface area contributed by atoms with Gasteiger partial charge in [-0.2, -0.15) is 10.2 Å². The number of hydrogen-bond acceptors (Lipinski definition) is 4. The Balaban J connectivity index is 1.61. The molecule has 0 radical (unpaired) electrons. The molecule has 0 unspecified atom stereocenters. The van der Waals surface area contributed by atoms with Crippen LogP contribution in [-0.4, -0.2) is 28.5 Å². The molecule has 0 spiro atoms. The molecule has 0 aliphatic carbocycles. The number of rotatable bonds is 6. The van der Waals surface area contributed by atoms with Crippen LogP contribution in [0.5, 0.6) is 5.75 Å². The van der Waals surface area contributed by atoms with Crippen molar-refractivity contribution in [3.8, 4) is 11.4 Å². The van der Waals surface area contributed by atoms with E-state index in [1.807, 2.05) is 31.2 Å². The van der Waals surface area contributed by atoms with Crippen molar-refractivity contribution < 1.29 is 13.9 Å². The predicted octanol–water partition coefficient (Wildman–Crippen LogP) is 3.81. The van der Waals surface area contributed by atoms with Crippen molar-refractivity contribution in [3.63, 3.8) is 0 Å². The monoisotopic (exact) mass is 400 g/mol. The maximum Gasteiger partial charge on any atom is 0.277 e. The number of aryl methyl sites for hydroxylation is 2. The molecule has 2 aromatic carbocycles. The first kappa shape index (κ1) is 19.6. The van der Waals surface area contributed by atoms with Crippen molar-refractivity contribution >= 4 is 23.7 Å². The first-order valence-corrected chi connectivity index (χ1v) is 8.84. The molecule has 0 saturated carbocycles. The fraction of sp³-hybridized carbons (Fsp3) is 0.150. The molecule has 6 nitrogen and oxygen atoms in total. The molecule has 3 aromatic rings. The van der Waals surface area contributed by atoms with Crippen molar-refractivity contribution in [2.75, 3.05) is 6.61 Å². The molecule has 144 valence electrons. The van der Waals surface area contributed by atoms with Crippen LogP contribution in [0.15, 0.2) is 53.6 Å². The molecule has 0 aliphatic rings. The first-order chi connectivity index (χ1) is 13.4. The molecule has 1 aromatic heterocycles. The quantitative estimate of drug-likeness (QED) is 0.505. The minimum absolute atomic E-state index is 0.252. The van der Waals surface area contributed by atoms with Crippen LogP contribution in [-0.2, 0) is 4.79 Å². The van der Waals surface area contributed by atoms with E-state index in [1.54, 1.807) is 11.6 Å². The number of halogens is 2. The highest BCUT2D eigenvalue weighted by atomic mass is 35.5. The molecular formula is C20H18ClFN4O2. The Morgan fingerprint density at radius 3 is 2.57 bits per heavy atom. The Hall–Kier alpha value is -3.19. The third-order valence-electron chi connectivity index (χ3n) is 3.89. The minimum Gasteiger partial charge on any atom is -0.484 e. The summed E-state index contributed by atoms with van der Waals surface area (Å²) in [5, 5.41) is 8.72. The number of hydrazone groups is 1. The average Bonchev–Trinajstić information content (AvgIpc) is 2.96. The summed E-state index contributed by atoms with van der Waals surface area (Å²) in [4.78, 5) is 11.8. The van der Waals surface area contributed by atoms with Crippen LogP contribution in [0.2, 0.25) is 5.15 Å². The number of carbonyl (C=O) groups is 1. The number of ether oxygens (including phenoxy) is 1. The predicted molar refractivity (Wildman–Crippen MR) is 106 cm³/mol. The van der Waals surface area contributed by atoms with Gasteiger partial charge in [-0.25, -0.2) is 14.5 Å². The molecule has 0 fully saturated rings. The minimum atomic E-state index is -0.458. The maximum atomic E-state index is 12.8. The van der Waals surface area contributed by atoms with Crippen LogP contribution in [0.1, 0.15) is 16.8 Å². The molecule has 28 heavy (non-hydrogen) atoms. The number of hydrogen-bond donors (Lipinski definition) is 1. The van der Waals surface area contributed by atoms with Crippen molar-refractivity contribution in [1.82, 2.24) is 15.2 Å². The Morgan fingerprint density at radius 2 is 1.89 bits per heavy atom. The number of nitrogens with one attached hydrogen (secondary N) is 1. The Morgan fingerprint density at radius 1 is 1.21 bits per heavy atom. The van der Waals surface area contributed by atoms with Gasteiger partial charge in [-0.05, 0) is 50.2 Å². The zero-order valence-corrected chi connectivity index (χ0v) is 16.1. The third-order valence-corrected chi connectivity index (χ3v) is 4.26. The summed E-state index contributed by atoms with van der Waals surface area (Å²) in [6.45, 7) is 3.55. The van der Waals surface area contributed by atoms with Gasteiger partial charge in [0, 0.05) is 0 Å². The first-order valence-electron chi connectivity index (χ1n) is 8.46. The smallest absolute Gasteiger partial charge is 0.277 e. The second-order valence-corrected chi connectivity index (χ2v) is 6.43. The number of nitrogens with zero attached hydrogens (tertiary/aromatic N) is 3. The van der Waals surface area contributed by atoms with E-state index in [9.17, 15) is 9.18 Å². The topological polar surface area (TPSA) is 68.5 Å². The molecule has 1 N–H and O–H groups in total. The van der Waals surface area contributed by atoms with Crippen LogP contribution in [0.25, 0.3) is 5.69 Å². The van der Waals surface area contributed by atoms with Gasteiger partial charge in [-0.1, -0.05) is 29.3 Å². The highest BCUT2D eigenvalue weighted by Crippen LogP contribution is 2.22. The normalized spacial score (nSPS) is 11.0. The highest BCUT2D eigenvalue weighted by Gasteiger charge is 2.13. The van der Waals surface area contributed by atoms with Gasteiger partial charge < -0.3 is 4.74 Å². The summed E-state index contributed by atoms with van der Waals surface area (Å²) >= 11 is 6.41. The van der Waals surface area contributed by atoms with Gasteiger partial charge in [-0.15, -0.1) is 0 Å². The van der Waals surface area contributed by atoms with Gasteiger partial charge in [0.1, 0.15) is 16.7 Å². The zero-order chi connectivity index (χ0) is 20.1. The van der Waals surface area contributed by atoms with Crippen LogP contribution >= 0.6 is 11.6 Å². The van der Waals surface area contributed by atoms with Crippen molar-refractivity contribution in [2.45, 2.75) is 13.8 Å². The highest BCUT2D eigenvalue weighted by molar-refractivity contribution is 6.32. The van der Waals surface area contributed by atoms with Crippen LogP contribution < -0.4 is 10.2 Å². The maximum absolute atomic E-state index is 12.8. The lowest BCUT2D eigenvalue weighted by atomic mass is 10.2. The van der Waals surface area contributed by atoms with Gasteiger partial charge in [0.25, 0.3) is 5.91 Å². The lowest BCUT2D eigenvalue weighted by Crippen LogP contribution is -2.24. The van der Waals surface area contributed by atoms with E-state index in [4.69, 9.17) is 16.3 Å². The third kappa shape index (κ3) is 4.75. The Bertz CT molecular complexity index is 998. The average molecular weight is 401 g/mol. The Kier molecular flexibility index (Phi) is 6.06. The van der Waals surface area contributed by atoms with E-state index >= 15 is 0 Å². The van der Waals surface area contributed by atoms with Crippen molar-refractivity contribution in [2.24, 2.45) is 5.10 Å². The SMILES string of the molecule is Cc1ccc(-n2nc(C)c(/C=N\NC(=O)COc3ccc(F)cc3)c2Cl)cc1. The van der Waals surface area contributed by atoms with Crippen molar-refractivity contribution in [3.05, 3.63) is 76.3 Å². The number of amides is 1. The molecular weight excluding hydrogens is 383 g/mol. The fourth-order valence-electron chi connectivity index (χ4n) is 2.40. The lowest BCUT2D eigenvalue weighted by molar-refractivity contribution is -0.123. The van der Waals surface area contributed by atoms with Gasteiger partial charge >= 0.3 is 0 Å². The van der Waals surface area contributed by atoms with Gasteiger partial charge in [-0.3, -0.25) is 4.79 Å². The zero-order valence-electron chi connectivity index (χ0n) is 15.3. The second kappa shape index (κ2) is 8.67. The van der Waals surface area contributed by atoms with E-state index in [0.717, 1.165) is 11.3 Å². The number of benzene rings is 2. The molecule has 1 heterocycles. The van der Waals surface area contributed by atoms with Gasteiger partial charge in [0.05, 0.1) is 23.2 Å². The van der Waals surface area contributed by atoms with E-state index in [2.05, 4.69) is 15.6 Å². The molecule has 0 atom stereocenters. The van der Waals surface area contributed by atoms with Gasteiger partial charge in [0.15, 0.2) is 6.61 Å². The van der Waals surface area contributed by atoms with E-state index in [-0.39, 0.29) is 12.4 Å². The molecule has 0 aliphatic heterocycles. The molecule has 3 rings (SSSR count). The molecule has 0 bridgehead atoms. The van der Waals surface area contributed by atoms with Crippen molar-refractivity contribution in [1.29, 1.82) is 0 Å². The fourth-order valence-corrected chi connectivity index (χ4v) is 2.72. The van der Waals surface area contributed by atoms with E-state index in [0.29, 0.717) is 22.2 Å². The largest absolute Gasteiger partial charge is 0.484 e. The summed E-state index contributed by atoms with van der Waals surface area (Å²) < 4.78 is 19.7. The standard InChI is InChI=1S/C20H18ClFN4O2/c1-13-3-7-16(8-4-13)26-20(21)18(14(2)25-26)11-23-24-19(27)12-28-17-9-5-15(22)6-10-17/h3-11H,12H2,1-2H3,(H,24,27)/b23-11-. The number of carbonyl (C=O) groups excluding carboxylic acids is 1. The molecule has 0 saturated heterocycles. The van der Waals surface area contributed by atoms with Crippen LogP contribution in [0.3, 0.4) is 0 Å². The molecule has 8 heteroatoms. The van der Waals surface area contributed by atoms with Crippen LogP contribution in [0.4, 0.5) is 4.39 Å². The summed E-state index contributed by atoms with van der Waals surface area (Å²) in [7, 11) is 0. The Labute approximate surface area is 166 Å². The summed E-state index contributed by atoms with van der Waals surface area (Å²) in [6.07, 6.45) is 1.44. The summed E-state index contributed by atoms with van der Waals surface area (Å²) in [5.41, 5.74) is 5.59. The second-order valence-electron chi connectivity index (χ2n) is 6.07. The van der Waals surface area contributed by atoms with E-state index in [1.165, 1.54) is 30.5 Å². The summed E-state index contributed by atoms with van der Waals surface area (Å²) in [6, 6.07) is 13.2. The van der Waals surface area contributed by atoms with Crippen LogP contribution in [0, 0.1) is 19.7 Å². The van der Waals surface area contributed by atoms with Gasteiger partial charge in [0.2, 0.25) is 0 Å². The molecule has 1 amide bonds. The lowest BCUT2D eigenvalue weighted by Gasteiger charge is -2.04. The number of aromatic nitrogens is 2. The summed E-state index contributed by atoms with van der Waals surface area (Å²) in [5.74, 6) is -0.445. The van der Waals surface area contributed by atoms with E-state index < -0.39 is 5.91 Å².